The van der Waals surface area contributed by atoms with Gasteiger partial charge < -0.3 is 5.32 Å². The van der Waals surface area contributed by atoms with E-state index >= 15 is 0 Å². The van der Waals surface area contributed by atoms with Gasteiger partial charge in [0.2, 0.25) is 5.91 Å². The summed E-state index contributed by atoms with van der Waals surface area (Å²) in [6, 6.07) is 16.8. The summed E-state index contributed by atoms with van der Waals surface area (Å²) in [7, 11) is 0. The molecule has 1 amide bonds. The summed E-state index contributed by atoms with van der Waals surface area (Å²) in [5.41, 5.74) is 3.52. The molecule has 1 N–H and O–H groups in total. The molecule has 1 aromatic carbocycles. The second-order valence-corrected chi connectivity index (χ2v) is 6.35. The van der Waals surface area contributed by atoms with Crippen LogP contribution in [0.15, 0.2) is 65.6 Å². The number of hydrogen-bond acceptors (Lipinski definition) is 4. The lowest BCUT2D eigenvalue weighted by molar-refractivity contribution is -0.121. The zero-order valence-electron chi connectivity index (χ0n) is 15.3. The number of carbonyl (C=O) groups is 1. The topological polar surface area (TPSA) is 76.9 Å². The number of hydrogen-bond donors (Lipinski definition) is 1. The Morgan fingerprint density at radius 1 is 1.07 bits per heavy atom. The highest BCUT2D eigenvalue weighted by atomic mass is 16.1. The van der Waals surface area contributed by atoms with Crippen LogP contribution in [0, 0.1) is 6.92 Å². The molecule has 0 aliphatic carbocycles. The van der Waals surface area contributed by atoms with Gasteiger partial charge in [-0.2, -0.15) is 5.10 Å². The van der Waals surface area contributed by atoms with Crippen LogP contribution >= 0.6 is 0 Å². The molecule has 0 radical (unpaired) electrons. The van der Waals surface area contributed by atoms with Gasteiger partial charge in [0, 0.05) is 30.8 Å². The first-order valence-corrected chi connectivity index (χ1v) is 8.93. The third-order valence-corrected chi connectivity index (χ3v) is 4.18. The molecule has 138 valence electrons. The number of nitrogens with zero attached hydrogens (tertiary/aromatic N) is 3. The number of nitrogens with one attached hydrogen (secondary N) is 1. The van der Waals surface area contributed by atoms with Crippen molar-refractivity contribution in [3.05, 3.63) is 82.4 Å². The maximum Gasteiger partial charge on any atom is 0.266 e. The Labute approximate surface area is 157 Å². The van der Waals surface area contributed by atoms with Gasteiger partial charge in [0.05, 0.1) is 17.9 Å². The maximum atomic E-state index is 12.0. The van der Waals surface area contributed by atoms with Gasteiger partial charge in [0.1, 0.15) is 0 Å². The lowest BCUT2D eigenvalue weighted by Gasteiger charge is -2.08. The summed E-state index contributed by atoms with van der Waals surface area (Å²) in [6.07, 6.45) is 2.56. The highest BCUT2D eigenvalue weighted by Crippen LogP contribution is 2.15. The Balaban J connectivity index is 1.54. The number of rotatable bonds is 7. The first-order chi connectivity index (χ1) is 13.1. The molecule has 2 heterocycles. The minimum Gasteiger partial charge on any atom is -0.350 e. The van der Waals surface area contributed by atoms with E-state index in [9.17, 15) is 9.59 Å². The lowest BCUT2D eigenvalue weighted by Crippen LogP contribution is -2.25. The highest BCUT2D eigenvalue weighted by Gasteiger charge is 2.06. The number of aromatic nitrogens is 3. The van der Waals surface area contributed by atoms with Gasteiger partial charge in [-0.25, -0.2) is 4.68 Å². The summed E-state index contributed by atoms with van der Waals surface area (Å²) in [6.45, 7) is 2.83. The quantitative estimate of drug-likeness (QED) is 0.701. The van der Waals surface area contributed by atoms with Crippen molar-refractivity contribution in [1.29, 1.82) is 0 Å². The maximum absolute atomic E-state index is 12.0. The van der Waals surface area contributed by atoms with E-state index in [1.165, 1.54) is 16.3 Å². The van der Waals surface area contributed by atoms with Crippen molar-refractivity contribution in [3.63, 3.8) is 0 Å². The van der Waals surface area contributed by atoms with Gasteiger partial charge in [-0.3, -0.25) is 14.6 Å². The first-order valence-electron chi connectivity index (χ1n) is 8.93. The summed E-state index contributed by atoms with van der Waals surface area (Å²) in [5, 5.41) is 7.26. The van der Waals surface area contributed by atoms with Crippen LogP contribution in [0.2, 0.25) is 0 Å². The van der Waals surface area contributed by atoms with Crippen molar-refractivity contribution in [2.24, 2.45) is 0 Å². The summed E-state index contributed by atoms with van der Waals surface area (Å²) in [5.74, 6) is -0.0663. The molecule has 6 heteroatoms. The molecule has 0 atom stereocenters. The van der Waals surface area contributed by atoms with Crippen LogP contribution in [0.1, 0.15) is 24.1 Å². The van der Waals surface area contributed by atoms with Crippen molar-refractivity contribution < 1.29 is 4.79 Å². The normalized spacial score (nSPS) is 10.6. The predicted molar refractivity (Wildman–Crippen MR) is 104 cm³/mol. The van der Waals surface area contributed by atoms with Gasteiger partial charge in [-0.1, -0.05) is 35.9 Å². The van der Waals surface area contributed by atoms with E-state index in [1.807, 2.05) is 49.4 Å². The van der Waals surface area contributed by atoms with E-state index < -0.39 is 0 Å². The summed E-state index contributed by atoms with van der Waals surface area (Å²) >= 11 is 0. The Morgan fingerprint density at radius 2 is 1.89 bits per heavy atom. The average Bonchev–Trinajstić information content (AvgIpc) is 2.69. The van der Waals surface area contributed by atoms with Gasteiger partial charge in [-0.05, 0) is 31.5 Å². The molecule has 0 fully saturated rings. The zero-order valence-corrected chi connectivity index (χ0v) is 15.3. The Hall–Kier alpha value is -3.28. The van der Waals surface area contributed by atoms with Crippen molar-refractivity contribution in [2.45, 2.75) is 32.9 Å². The second kappa shape index (κ2) is 8.89. The fourth-order valence-electron chi connectivity index (χ4n) is 2.66. The van der Waals surface area contributed by atoms with Crippen LogP contribution in [-0.2, 0) is 17.9 Å². The van der Waals surface area contributed by atoms with Crippen LogP contribution in [0.25, 0.3) is 11.3 Å². The van der Waals surface area contributed by atoms with E-state index in [4.69, 9.17) is 0 Å². The molecule has 0 saturated carbocycles. The Bertz CT molecular complexity index is 950. The summed E-state index contributed by atoms with van der Waals surface area (Å²) in [4.78, 5) is 28.2. The van der Waals surface area contributed by atoms with Crippen LogP contribution in [-0.4, -0.2) is 20.7 Å². The van der Waals surface area contributed by atoms with Crippen molar-refractivity contribution in [3.8, 4) is 11.3 Å². The van der Waals surface area contributed by atoms with Gasteiger partial charge in [0.15, 0.2) is 0 Å². The monoisotopic (exact) mass is 362 g/mol. The van der Waals surface area contributed by atoms with Crippen molar-refractivity contribution in [1.82, 2.24) is 20.1 Å². The van der Waals surface area contributed by atoms with E-state index in [0.717, 1.165) is 17.0 Å². The largest absolute Gasteiger partial charge is 0.350 e. The lowest BCUT2D eigenvalue weighted by atomic mass is 10.1. The fraction of sp³-hybridized carbons (Fsp3) is 0.238. The Morgan fingerprint density at radius 3 is 2.63 bits per heavy atom. The molecule has 27 heavy (non-hydrogen) atoms. The van der Waals surface area contributed by atoms with Crippen LogP contribution in [0.4, 0.5) is 0 Å². The molecular formula is C21H22N4O2. The van der Waals surface area contributed by atoms with Crippen LogP contribution in [0.5, 0.6) is 0 Å². The molecule has 0 unspecified atom stereocenters. The molecule has 0 saturated heterocycles. The van der Waals surface area contributed by atoms with Crippen molar-refractivity contribution >= 4 is 5.91 Å². The molecule has 0 bridgehead atoms. The minimum absolute atomic E-state index is 0.0663. The van der Waals surface area contributed by atoms with Crippen molar-refractivity contribution in [2.75, 3.05) is 0 Å². The van der Waals surface area contributed by atoms with Gasteiger partial charge in [0.25, 0.3) is 5.56 Å². The molecule has 3 rings (SSSR count). The van der Waals surface area contributed by atoms with E-state index in [-0.39, 0.29) is 11.5 Å². The number of pyridine rings is 1. The molecule has 6 nitrogen and oxygen atoms in total. The van der Waals surface area contributed by atoms with Gasteiger partial charge in [-0.15, -0.1) is 0 Å². The third-order valence-electron chi connectivity index (χ3n) is 4.18. The molecule has 0 aliphatic heterocycles. The number of benzene rings is 1. The number of aryl methyl sites for hydroxylation is 2. The van der Waals surface area contributed by atoms with E-state index in [1.54, 1.807) is 12.3 Å². The van der Waals surface area contributed by atoms with Crippen LogP contribution < -0.4 is 10.9 Å². The number of amides is 1. The molecular weight excluding hydrogens is 340 g/mol. The van der Waals surface area contributed by atoms with Crippen LogP contribution in [0.3, 0.4) is 0 Å². The van der Waals surface area contributed by atoms with E-state index in [2.05, 4.69) is 15.4 Å². The summed E-state index contributed by atoms with van der Waals surface area (Å²) < 4.78 is 1.42. The first kappa shape index (κ1) is 18.5. The Kier molecular flexibility index (Phi) is 6.10. The molecule has 2 aromatic heterocycles. The predicted octanol–water partition coefficient (Wildman–Crippen LogP) is 2.71. The minimum atomic E-state index is -0.167. The molecule has 0 aliphatic rings. The second-order valence-electron chi connectivity index (χ2n) is 6.35. The fourth-order valence-corrected chi connectivity index (χ4v) is 2.66. The molecule has 3 aromatic rings. The average molecular weight is 362 g/mol. The highest BCUT2D eigenvalue weighted by molar-refractivity contribution is 5.75. The zero-order chi connectivity index (χ0) is 19.1. The standard InChI is InChI=1S/C21H22N4O2/c1-16-7-9-17(10-8-16)19-11-12-21(27)25(24-19)14-4-6-20(26)23-15-18-5-2-3-13-22-18/h2-3,5,7-13H,4,6,14-15H2,1H3,(H,23,26). The third kappa shape index (κ3) is 5.34. The molecule has 0 spiro atoms. The SMILES string of the molecule is Cc1ccc(-c2ccc(=O)n(CCCC(=O)NCc3ccccn3)n2)cc1. The van der Waals surface area contributed by atoms with E-state index in [0.29, 0.717) is 25.9 Å². The smallest absolute Gasteiger partial charge is 0.266 e. The number of carbonyl (C=O) groups excluding carboxylic acids is 1. The van der Waals surface area contributed by atoms with Gasteiger partial charge >= 0.3 is 0 Å².